The molecular formula is C23H20N4O2S2. The van der Waals surface area contributed by atoms with E-state index in [1.165, 1.54) is 16.2 Å². The van der Waals surface area contributed by atoms with E-state index >= 15 is 0 Å². The van der Waals surface area contributed by atoms with Crippen molar-refractivity contribution in [2.45, 2.75) is 13.0 Å². The highest BCUT2D eigenvalue weighted by molar-refractivity contribution is 8.26. The van der Waals surface area contributed by atoms with Gasteiger partial charge in [0.2, 0.25) is 0 Å². The van der Waals surface area contributed by atoms with Crippen LogP contribution in [0.3, 0.4) is 0 Å². The standard InChI is InChI=1S/C23H20N4O2S2/c1-3-12-24-20-17(21(28)26-13-8-7-11-19(26)25-20)14-18-22(29)27(23(30)31-18)15(2)16-9-5-4-6-10-16/h3-11,13-15,24H,1,12H2,2H3/b18-14-/t15-/m1/s1. The number of anilines is 1. The number of thiocarbonyl (C=S) groups is 1. The first kappa shape index (κ1) is 21.0. The predicted octanol–water partition coefficient (Wildman–Crippen LogP) is 4.25. The van der Waals surface area contributed by atoms with Crippen LogP contribution in [0.2, 0.25) is 0 Å². The molecule has 6 nitrogen and oxygen atoms in total. The number of nitrogens with zero attached hydrogens (tertiary/aromatic N) is 3. The van der Waals surface area contributed by atoms with Crippen molar-refractivity contribution < 1.29 is 4.79 Å². The second kappa shape index (κ2) is 8.87. The molecule has 1 saturated heterocycles. The number of nitrogens with one attached hydrogen (secondary N) is 1. The van der Waals surface area contributed by atoms with Gasteiger partial charge in [0, 0.05) is 12.7 Å². The molecule has 2 aromatic heterocycles. The van der Waals surface area contributed by atoms with Gasteiger partial charge in [-0.1, -0.05) is 66.5 Å². The largest absolute Gasteiger partial charge is 0.366 e. The van der Waals surface area contributed by atoms with Crippen molar-refractivity contribution in [3.8, 4) is 0 Å². The van der Waals surface area contributed by atoms with Crippen LogP contribution in [0.5, 0.6) is 0 Å². The average Bonchev–Trinajstić information content (AvgIpc) is 3.07. The highest BCUT2D eigenvalue weighted by Gasteiger charge is 2.36. The normalized spacial score (nSPS) is 16.2. The fraction of sp³-hybridized carbons (Fsp3) is 0.130. The number of fused-ring (bicyclic) bond motifs is 1. The maximum Gasteiger partial charge on any atom is 0.267 e. The summed E-state index contributed by atoms with van der Waals surface area (Å²) in [6.45, 7) is 6.07. The first-order chi connectivity index (χ1) is 15.0. The Hall–Kier alpha value is -3.23. The van der Waals surface area contributed by atoms with Gasteiger partial charge in [0.25, 0.3) is 11.5 Å². The second-order valence-electron chi connectivity index (χ2n) is 6.92. The number of rotatable bonds is 6. The topological polar surface area (TPSA) is 66.7 Å². The number of thioether (sulfide) groups is 1. The van der Waals surface area contributed by atoms with Crippen LogP contribution >= 0.6 is 24.0 Å². The molecule has 1 atom stereocenters. The molecule has 1 amide bonds. The van der Waals surface area contributed by atoms with Gasteiger partial charge in [0.15, 0.2) is 0 Å². The quantitative estimate of drug-likeness (QED) is 0.345. The van der Waals surface area contributed by atoms with E-state index in [1.54, 1.807) is 35.4 Å². The lowest BCUT2D eigenvalue weighted by Crippen LogP contribution is -2.31. The summed E-state index contributed by atoms with van der Waals surface area (Å²) in [7, 11) is 0. The molecular weight excluding hydrogens is 428 g/mol. The second-order valence-corrected chi connectivity index (χ2v) is 8.59. The number of hydrogen-bond donors (Lipinski definition) is 1. The molecule has 1 aliphatic heterocycles. The van der Waals surface area contributed by atoms with Crippen LogP contribution in [0.4, 0.5) is 5.82 Å². The third-order valence-electron chi connectivity index (χ3n) is 4.95. The molecule has 3 heterocycles. The van der Waals surface area contributed by atoms with E-state index in [9.17, 15) is 9.59 Å². The maximum atomic E-state index is 13.2. The third-order valence-corrected chi connectivity index (χ3v) is 6.28. The highest BCUT2D eigenvalue weighted by Crippen LogP contribution is 2.38. The van der Waals surface area contributed by atoms with Crippen LogP contribution in [0, 0.1) is 0 Å². The van der Waals surface area contributed by atoms with Crippen LogP contribution in [-0.2, 0) is 4.79 Å². The van der Waals surface area contributed by atoms with Crippen LogP contribution in [-0.4, -0.2) is 31.1 Å². The predicted molar refractivity (Wildman–Crippen MR) is 130 cm³/mol. The summed E-state index contributed by atoms with van der Waals surface area (Å²) in [6.07, 6.45) is 4.92. The van der Waals surface area contributed by atoms with Gasteiger partial charge in [0.05, 0.1) is 16.5 Å². The SMILES string of the molecule is C=CCNc1nc2ccccn2c(=O)c1/C=C1\SC(=S)N([C@H](C)c2ccccc2)C1=O. The lowest BCUT2D eigenvalue weighted by molar-refractivity contribution is -0.123. The molecule has 1 fully saturated rings. The van der Waals surface area contributed by atoms with Gasteiger partial charge in [-0.2, -0.15) is 0 Å². The molecule has 1 N–H and O–H groups in total. The minimum absolute atomic E-state index is 0.214. The molecule has 0 bridgehead atoms. The number of amides is 1. The van der Waals surface area contributed by atoms with E-state index in [0.29, 0.717) is 32.8 Å². The lowest BCUT2D eigenvalue weighted by atomic mass is 10.1. The highest BCUT2D eigenvalue weighted by atomic mass is 32.2. The third kappa shape index (κ3) is 4.04. The minimum Gasteiger partial charge on any atom is -0.366 e. The molecule has 156 valence electrons. The molecule has 0 spiro atoms. The Morgan fingerprint density at radius 2 is 1.94 bits per heavy atom. The number of hydrogen-bond acceptors (Lipinski definition) is 6. The van der Waals surface area contributed by atoms with Crippen molar-refractivity contribution in [1.29, 1.82) is 0 Å². The summed E-state index contributed by atoms with van der Waals surface area (Å²) in [5, 5.41) is 3.10. The molecule has 31 heavy (non-hydrogen) atoms. The number of pyridine rings is 1. The van der Waals surface area contributed by atoms with Crippen molar-refractivity contribution in [3.05, 3.63) is 93.8 Å². The van der Waals surface area contributed by atoms with Gasteiger partial charge < -0.3 is 5.32 Å². The summed E-state index contributed by atoms with van der Waals surface area (Å²) in [5.41, 5.74) is 1.54. The van der Waals surface area contributed by atoms with Gasteiger partial charge in [-0.3, -0.25) is 18.9 Å². The molecule has 3 aromatic rings. The summed E-state index contributed by atoms with van der Waals surface area (Å²) in [6, 6.07) is 14.8. The molecule has 1 aromatic carbocycles. The molecule has 0 radical (unpaired) electrons. The Balaban J connectivity index is 1.77. The van der Waals surface area contributed by atoms with Gasteiger partial charge >= 0.3 is 0 Å². The monoisotopic (exact) mass is 448 g/mol. The first-order valence-electron chi connectivity index (χ1n) is 9.69. The first-order valence-corrected chi connectivity index (χ1v) is 10.9. The Morgan fingerprint density at radius 1 is 1.19 bits per heavy atom. The van der Waals surface area contributed by atoms with Gasteiger partial charge in [-0.15, -0.1) is 6.58 Å². The van der Waals surface area contributed by atoms with Gasteiger partial charge in [-0.25, -0.2) is 4.98 Å². The molecule has 0 unspecified atom stereocenters. The summed E-state index contributed by atoms with van der Waals surface area (Å²) < 4.78 is 1.92. The van der Waals surface area contributed by atoms with Crippen molar-refractivity contribution in [2.75, 3.05) is 11.9 Å². The van der Waals surface area contributed by atoms with Crippen LogP contribution < -0.4 is 10.9 Å². The molecule has 0 saturated carbocycles. The summed E-state index contributed by atoms with van der Waals surface area (Å²) in [5.74, 6) is 0.177. The van der Waals surface area contributed by atoms with Crippen molar-refractivity contribution >= 4 is 51.7 Å². The van der Waals surface area contributed by atoms with Crippen molar-refractivity contribution in [3.63, 3.8) is 0 Å². The Bertz CT molecular complexity index is 1270. The van der Waals surface area contributed by atoms with E-state index in [0.717, 1.165) is 5.56 Å². The zero-order valence-corrected chi connectivity index (χ0v) is 18.5. The van der Waals surface area contributed by atoms with E-state index in [2.05, 4.69) is 16.9 Å². The van der Waals surface area contributed by atoms with E-state index < -0.39 is 0 Å². The average molecular weight is 449 g/mol. The summed E-state index contributed by atoms with van der Waals surface area (Å²) >= 11 is 6.69. The molecule has 4 rings (SSSR count). The van der Waals surface area contributed by atoms with Crippen molar-refractivity contribution in [1.82, 2.24) is 14.3 Å². The Kier molecular flexibility index (Phi) is 6.01. The fourth-order valence-electron chi connectivity index (χ4n) is 3.36. The zero-order valence-electron chi connectivity index (χ0n) is 16.8. The number of carbonyl (C=O) groups is 1. The molecule has 8 heteroatoms. The number of aromatic nitrogens is 2. The van der Waals surface area contributed by atoms with Gasteiger partial charge in [0.1, 0.15) is 15.8 Å². The van der Waals surface area contributed by atoms with E-state index in [4.69, 9.17) is 12.2 Å². The smallest absolute Gasteiger partial charge is 0.267 e. The number of benzene rings is 1. The zero-order chi connectivity index (χ0) is 22.0. The Morgan fingerprint density at radius 3 is 2.68 bits per heavy atom. The molecule has 0 aliphatic carbocycles. The van der Waals surface area contributed by atoms with Crippen LogP contribution in [0.25, 0.3) is 11.7 Å². The minimum atomic E-state index is -0.265. The Labute approximate surface area is 189 Å². The van der Waals surface area contributed by atoms with Crippen LogP contribution in [0.15, 0.2) is 77.1 Å². The fourth-order valence-corrected chi connectivity index (χ4v) is 4.76. The summed E-state index contributed by atoms with van der Waals surface area (Å²) in [4.78, 5) is 32.9. The number of carbonyl (C=O) groups excluding carboxylic acids is 1. The lowest BCUT2D eigenvalue weighted by Gasteiger charge is -2.23. The van der Waals surface area contributed by atoms with E-state index in [-0.39, 0.29) is 17.5 Å². The maximum absolute atomic E-state index is 13.2. The van der Waals surface area contributed by atoms with Gasteiger partial charge in [-0.05, 0) is 30.7 Å². The molecule has 1 aliphatic rings. The van der Waals surface area contributed by atoms with E-state index in [1.807, 2.05) is 43.3 Å². The van der Waals surface area contributed by atoms with Crippen LogP contribution in [0.1, 0.15) is 24.1 Å². The van der Waals surface area contributed by atoms with Crippen molar-refractivity contribution in [2.24, 2.45) is 0 Å².